The Labute approximate surface area is 127 Å². The van der Waals surface area contributed by atoms with E-state index >= 15 is 0 Å². The van der Waals surface area contributed by atoms with E-state index in [1.54, 1.807) is 17.0 Å². The van der Waals surface area contributed by atoms with Crippen molar-refractivity contribution < 1.29 is 9.90 Å². The molecule has 114 valence electrons. The van der Waals surface area contributed by atoms with Crippen molar-refractivity contribution in [2.24, 2.45) is 0 Å². The van der Waals surface area contributed by atoms with Gasteiger partial charge in [-0.1, -0.05) is 13.3 Å². The molecule has 0 spiro atoms. The summed E-state index contributed by atoms with van der Waals surface area (Å²) in [7, 11) is 3.66. The molecule has 0 saturated carbocycles. The number of Topliss-reactive ketones (excluding diaryl/α,β-unsaturated/α-hetero) is 1. The molecule has 0 aliphatic carbocycles. The zero-order chi connectivity index (χ0) is 14.3. The predicted molar refractivity (Wildman–Crippen MR) is 86.0 cm³/mol. The lowest BCUT2D eigenvalue weighted by Crippen LogP contribution is -2.32. The summed E-state index contributed by atoms with van der Waals surface area (Å²) < 4.78 is 0. The molecule has 20 heavy (non-hydrogen) atoms. The summed E-state index contributed by atoms with van der Waals surface area (Å²) in [6, 6.07) is 7.28. The number of nitrogens with zero attached hydrogens (tertiary/aromatic N) is 1. The van der Waals surface area contributed by atoms with E-state index in [9.17, 15) is 9.90 Å². The monoisotopic (exact) mass is 300 g/mol. The molecule has 0 aliphatic rings. The van der Waals surface area contributed by atoms with E-state index in [4.69, 9.17) is 0 Å². The first-order valence-corrected chi connectivity index (χ1v) is 6.75. The number of unbranched alkanes of at least 4 members (excludes halogenated alkanes) is 1. The Bertz CT molecular complexity index is 393. The van der Waals surface area contributed by atoms with E-state index in [0.717, 1.165) is 25.1 Å². The maximum absolute atomic E-state index is 12.0. The highest BCUT2D eigenvalue weighted by molar-refractivity contribution is 5.99. The molecule has 5 heteroatoms. The molecule has 4 nitrogen and oxygen atoms in total. The number of rotatable bonds is 8. The maximum Gasteiger partial charge on any atom is 0.192 e. The van der Waals surface area contributed by atoms with Crippen LogP contribution in [0.1, 0.15) is 30.1 Å². The summed E-state index contributed by atoms with van der Waals surface area (Å²) in [6.45, 7) is 3.43. The molecule has 0 saturated heterocycles. The third-order valence-electron chi connectivity index (χ3n) is 2.87. The minimum Gasteiger partial charge on any atom is -0.385 e. The van der Waals surface area contributed by atoms with Gasteiger partial charge in [0.1, 0.15) is 6.10 Å². The number of anilines is 1. The minimum atomic E-state index is -0.964. The molecular weight excluding hydrogens is 276 g/mol. The van der Waals surface area contributed by atoms with E-state index in [1.807, 2.05) is 26.2 Å². The fourth-order valence-electron chi connectivity index (χ4n) is 1.78. The molecule has 0 heterocycles. The van der Waals surface area contributed by atoms with Gasteiger partial charge in [0, 0.05) is 24.3 Å². The smallest absolute Gasteiger partial charge is 0.192 e. The lowest BCUT2D eigenvalue weighted by atomic mass is 10.1. The number of hydrogen-bond acceptors (Lipinski definition) is 4. The lowest BCUT2D eigenvalue weighted by molar-refractivity contribution is 0.0689. The van der Waals surface area contributed by atoms with E-state index in [1.165, 1.54) is 0 Å². The van der Waals surface area contributed by atoms with Gasteiger partial charge in [0.25, 0.3) is 0 Å². The van der Waals surface area contributed by atoms with Gasteiger partial charge in [0.2, 0.25) is 0 Å². The number of benzene rings is 1. The highest BCUT2D eigenvalue weighted by Gasteiger charge is 2.17. The van der Waals surface area contributed by atoms with E-state index in [0.29, 0.717) is 12.1 Å². The summed E-state index contributed by atoms with van der Waals surface area (Å²) in [5, 5.41) is 13.1. The second-order valence-corrected chi connectivity index (χ2v) is 5.00. The van der Waals surface area contributed by atoms with E-state index < -0.39 is 6.10 Å². The van der Waals surface area contributed by atoms with Crippen molar-refractivity contribution in [1.29, 1.82) is 0 Å². The van der Waals surface area contributed by atoms with Crippen LogP contribution in [0.3, 0.4) is 0 Å². The van der Waals surface area contributed by atoms with Crippen molar-refractivity contribution in [2.45, 2.75) is 25.9 Å². The largest absolute Gasteiger partial charge is 0.385 e. The predicted octanol–water partition coefficient (Wildman–Crippen LogP) is 2.43. The van der Waals surface area contributed by atoms with Gasteiger partial charge in [0.15, 0.2) is 5.78 Å². The van der Waals surface area contributed by atoms with Crippen LogP contribution in [0.2, 0.25) is 0 Å². The van der Waals surface area contributed by atoms with Crippen LogP contribution < -0.4 is 5.32 Å². The third kappa shape index (κ3) is 6.37. The Balaban J connectivity index is 0.00000361. The number of carbonyl (C=O) groups excluding carboxylic acids is 1. The number of aliphatic hydroxyl groups is 1. The fourth-order valence-corrected chi connectivity index (χ4v) is 1.78. The van der Waals surface area contributed by atoms with Gasteiger partial charge < -0.3 is 15.3 Å². The van der Waals surface area contributed by atoms with Crippen LogP contribution in [0.4, 0.5) is 5.69 Å². The Hall–Kier alpha value is -1.10. The van der Waals surface area contributed by atoms with Crippen LogP contribution in [-0.2, 0) is 0 Å². The molecule has 1 aromatic rings. The van der Waals surface area contributed by atoms with E-state index in [2.05, 4.69) is 12.2 Å². The SMILES string of the molecule is CCCCNc1ccc(C(=O)C(O)CN(C)C)cc1.Cl. The molecule has 0 radical (unpaired) electrons. The minimum absolute atomic E-state index is 0. The zero-order valence-corrected chi connectivity index (χ0v) is 13.2. The highest BCUT2D eigenvalue weighted by Crippen LogP contribution is 2.12. The molecule has 0 aromatic heterocycles. The first-order valence-electron chi connectivity index (χ1n) is 6.75. The van der Waals surface area contributed by atoms with Gasteiger partial charge in [0.05, 0.1) is 0 Å². The Morgan fingerprint density at radius 3 is 2.40 bits per heavy atom. The second kappa shape index (κ2) is 9.75. The molecule has 1 aromatic carbocycles. The van der Waals surface area contributed by atoms with Gasteiger partial charge in [-0.2, -0.15) is 0 Å². The average molecular weight is 301 g/mol. The van der Waals surface area contributed by atoms with Gasteiger partial charge in [-0.25, -0.2) is 0 Å². The number of likely N-dealkylation sites (N-methyl/N-ethyl adjacent to an activating group) is 1. The van der Waals surface area contributed by atoms with Crippen molar-refractivity contribution in [2.75, 3.05) is 32.5 Å². The van der Waals surface area contributed by atoms with Gasteiger partial charge in [-0.15, -0.1) is 12.4 Å². The van der Waals surface area contributed by atoms with Crippen LogP contribution in [0, 0.1) is 0 Å². The van der Waals surface area contributed by atoms with Gasteiger partial charge in [-0.3, -0.25) is 4.79 Å². The highest BCUT2D eigenvalue weighted by atomic mass is 35.5. The number of nitrogens with one attached hydrogen (secondary N) is 1. The number of aliphatic hydroxyl groups excluding tert-OH is 1. The molecule has 1 rings (SSSR count). The van der Waals surface area contributed by atoms with Gasteiger partial charge in [-0.05, 0) is 44.8 Å². The van der Waals surface area contributed by atoms with Crippen molar-refractivity contribution >= 4 is 23.9 Å². The molecule has 1 unspecified atom stereocenters. The quantitative estimate of drug-likeness (QED) is 0.572. The van der Waals surface area contributed by atoms with Crippen molar-refractivity contribution in [3.05, 3.63) is 29.8 Å². The molecule has 0 amide bonds. The van der Waals surface area contributed by atoms with Crippen LogP contribution in [0.15, 0.2) is 24.3 Å². The molecule has 0 fully saturated rings. The fraction of sp³-hybridized carbons (Fsp3) is 0.533. The lowest BCUT2D eigenvalue weighted by Gasteiger charge is -2.15. The number of halogens is 1. The van der Waals surface area contributed by atoms with Crippen LogP contribution in [0.5, 0.6) is 0 Å². The van der Waals surface area contributed by atoms with Gasteiger partial charge >= 0.3 is 0 Å². The second-order valence-electron chi connectivity index (χ2n) is 5.00. The first-order chi connectivity index (χ1) is 9.04. The van der Waals surface area contributed by atoms with Crippen molar-refractivity contribution in [3.63, 3.8) is 0 Å². The van der Waals surface area contributed by atoms with E-state index in [-0.39, 0.29) is 18.2 Å². The number of carbonyl (C=O) groups is 1. The van der Waals surface area contributed by atoms with Crippen LogP contribution in [-0.4, -0.2) is 49.1 Å². The molecule has 0 bridgehead atoms. The first kappa shape index (κ1) is 18.9. The average Bonchev–Trinajstić information content (AvgIpc) is 2.38. The van der Waals surface area contributed by atoms with Crippen LogP contribution in [0.25, 0.3) is 0 Å². The Morgan fingerprint density at radius 2 is 1.90 bits per heavy atom. The zero-order valence-electron chi connectivity index (χ0n) is 12.4. The summed E-state index contributed by atoms with van der Waals surface area (Å²) in [5.74, 6) is -0.228. The van der Waals surface area contributed by atoms with Crippen LogP contribution >= 0.6 is 12.4 Å². The number of ketones is 1. The van der Waals surface area contributed by atoms with Crippen molar-refractivity contribution in [1.82, 2.24) is 4.90 Å². The number of hydrogen-bond donors (Lipinski definition) is 2. The summed E-state index contributed by atoms with van der Waals surface area (Å²) in [5.41, 5.74) is 1.56. The Kier molecular flexibility index (Phi) is 9.21. The molecule has 0 aliphatic heterocycles. The summed E-state index contributed by atoms with van der Waals surface area (Å²) in [4.78, 5) is 13.7. The standard InChI is InChI=1S/C15H24N2O2.ClH/c1-4-5-10-16-13-8-6-12(7-9-13)15(19)14(18)11-17(2)3;/h6-9,14,16,18H,4-5,10-11H2,1-3H3;1H. The third-order valence-corrected chi connectivity index (χ3v) is 2.87. The summed E-state index contributed by atoms with van der Waals surface area (Å²) >= 11 is 0. The molecule has 1 atom stereocenters. The summed E-state index contributed by atoms with van der Waals surface area (Å²) in [6.07, 6.45) is 1.32. The maximum atomic E-state index is 12.0. The molecular formula is C15H25ClN2O2. The molecule has 2 N–H and O–H groups in total. The topological polar surface area (TPSA) is 52.6 Å². The Morgan fingerprint density at radius 1 is 1.30 bits per heavy atom. The normalized spacial score (nSPS) is 11.8. The van der Waals surface area contributed by atoms with Crippen molar-refractivity contribution in [3.8, 4) is 0 Å².